The predicted molar refractivity (Wildman–Crippen MR) is 74.1 cm³/mol. The molecule has 0 spiro atoms. The lowest BCUT2D eigenvalue weighted by atomic mass is 10.0. The van der Waals surface area contributed by atoms with Crippen LogP contribution < -0.4 is 5.32 Å². The van der Waals surface area contributed by atoms with E-state index in [1.54, 1.807) is 0 Å². The molecular formula is C16H13NO. The van der Waals surface area contributed by atoms with E-state index in [1.807, 2.05) is 55.5 Å². The second kappa shape index (κ2) is 4.15. The highest BCUT2D eigenvalue weighted by Gasteiger charge is 2.22. The third kappa shape index (κ3) is 1.82. The van der Waals surface area contributed by atoms with Crippen LogP contribution in [0.25, 0.3) is 11.6 Å². The molecule has 2 aromatic rings. The number of para-hydroxylation sites is 1. The molecule has 2 aromatic carbocycles. The van der Waals surface area contributed by atoms with E-state index in [1.165, 1.54) is 5.56 Å². The standard InChI is InChI=1S/C16H13NO/c1-11-5-4-6-12(9-11)10-14-13-7-2-3-8-15(13)17-16(14)18/h2-10H,1H3,(H,17,18)/b14-10+. The van der Waals surface area contributed by atoms with Crippen molar-refractivity contribution in [1.29, 1.82) is 0 Å². The van der Waals surface area contributed by atoms with Gasteiger partial charge in [0.2, 0.25) is 0 Å². The lowest BCUT2D eigenvalue weighted by molar-refractivity contribution is -0.110. The van der Waals surface area contributed by atoms with Gasteiger partial charge in [-0.3, -0.25) is 4.79 Å². The van der Waals surface area contributed by atoms with E-state index in [-0.39, 0.29) is 5.91 Å². The van der Waals surface area contributed by atoms with E-state index in [0.29, 0.717) is 0 Å². The first kappa shape index (κ1) is 10.8. The highest BCUT2D eigenvalue weighted by Crippen LogP contribution is 2.32. The van der Waals surface area contributed by atoms with Gasteiger partial charge in [0.1, 0.15) is 0 Å². The molecule has 0 fully saturated rings. The number of anilines is 1. The van der Waals surface area contributed by atoms with E-state index in [4.69, 9.17) is 0 Å². The van der Waals surface area contributed by atoms with Crippen molar-refractivity contribution in [1.82, 2.24) is 0 Å². The second-order valence-corrected chi connectivity index (χ2v) is 4.47. The van der Waals surface area contributed by atoms with Crippen LogP contribution in [0.2, 0.25) is 0 Å². The van der Waals surface area contributed by atoms with Gasteiger partial charge in [-0.25, -0.2) is 0 Å². The van der Waals surface area contributed by atoms with Gasteiger partial charge in [0, 0.05) is 16.8 Å². The quantitative estimate of drug-likeness (QED) is 0.753. The molecule has 2 heteroatoms. The molecule has 18 heavy (non-hydrogen) atoms. The van der Waals surface area contributed by atoms with Crippen molar-refractivity contribution < 1.29 is 4.79 Å². The molecule has 1 aliphatic rings. The number of carbonyl (C=O) groups is 1. The number of amides is 1. The highest BCUT2D eigenvalue weighted by molar-refractivity contribution is 6.34. The zero-order chi connectivity index (χ0) is 12.5. The van der Waals surface area contributed by atoms with Crippen LogP contribution in [-0.2, 0) is 4.79 Å². The summed E-state index contributed by atoms with van der Waals surface area (Å²) >= 11 is 0. The van der Waals surface area contributed by atoms with E-state index in [9.17, 15) is 4.79 Å². The molecular weight excluding hydrogens is 222 g/mol. The van der Waals surface area contributed by atoms with Gasteiger partial charge in [0.25, 0.3) is 5.91 Å². The summed E-state index contributed by atoms with van der Waals surface area (Å²) < 4.78 is 0. The molecule has 1 aliphatic heterocycles. The number of hydrogen-bond acceptors (Lipinski definition) is 1. The van der Waals surface area contributed by atoms with E-state index in [2.05, 4.69) is 11.4 Å². The molecule has 0 unspecified atom stereocenters. The van der Waals surface area contributed by atoms with Gasteiger partial charge in [-0.2, -0.15) is 0 Å². The maximum Gasteiger partial charge on any atom is 0.256 e. The van der Waals surface area contributed by atoms with Gasteiger partial charge < -0.3 is 5.32 Å². The SMILES string of the molecule is Cc1cccc(/C=C2/C(=O)Nc3ccccc32)c1. The molecule has 0 bridgehead atoms. The average molecular weight is 235 g/mol. The first-order chi connectivity index (χ1) is 8.74. The number of carbonyl (C=O) groups excluding carboxylic acids is 1. The predicted octanol–water partition coefficient (Wildman–Crippen LogP) is 3.49. The van der Waals surface area contributed by atoms with E-state index < -0.39 is 0 Å². The fourth-order valence-electron chi connectivity index (χ4n) is 2.21. The van der Waals surface area contributed by atoms with Crippen molar-refractivity contribution in [2.24, 2.45) is 0 Å². The molecule has 0 saturated carbocycles. The number of fused-ring (bicyclic) bond motifs is 1. The Morgan fingerprint density at radius 2 is 1.89 bits per heavy atom. The van der Waals surface area contributed by atoms with Crippen molar-refractivity contribution in [3.8, 4) is 0 Å². The smallest absolute Gasteiger partial charge is 0.256 e. The molecule has 2 nitrogen and oxygen atoms in total. The minimum Gasteiger partial charge on any atom is -0.321 e. The third-order valence-corrected chi connectivity index (χ3v) is 3.06. The molecule has 1 heterocycles. The monoisotopic (exact) mass is 235 g/mol. The van der Waals surface area contributed by atoms with Crippen LogP contribution >= 0.6 is 0 Å². The number of benzene rings is 2. The zero-order valence-electron chi connectivity index (χ0n) is 10.1. The minimum absolute atomic E-state index is 0.0299. The minimum atomic E-state index is -0.0299. The van der Waals surface area contributed by atoms with Gasteiger partial charge in [-0.1, -0.05) is 48.0 Å². The Morgan fingerprint density at radius 3 is 2.72 bits per heavy atom. The Hall–Kier alpha value is -2.35. The fraction of sp³-hybridized carbons (Fsp3) is 0.0625. The molecule has 1 amide bonds. The largest absolute Gasteiger partial charge is 0.321 e. The summed E-state index contributed by atoms with van der Waals surface area (Å²) in [6.45, 7) is 2.05. The van der Waals surface area contributed by atoms with Gasteiger partial charge in [0.05, 0.1) is 0 Å². The normalized spacial score (nSPS) is 15.6. The summed E-state index contributed by atoms with van der Waals surface area (Å²) in [6.07, 6.45) is 1.94. The molecule has 3 rings (SSSR count). The summed E-state index contributed by atoms with van der Waals surface area (Å²) in [4.78, 5) is 11.9. The summed E-state index contributed by atoms with van der Waals surface area (Å²) in [6, 6.07) is 15.9. The van der Waals surface area contributed by atoms with Crippen molar-refractivity contribution in [2.45, 2.75) is 6.92 Å². The Morgan fingerprint density at radius 1 is 1.06 bits per heavy atom. The first-order valence-electron chi connectivity index (χ1n) is 5.93. The van der Waals surface area contributed by atoms with Crippen molar-refractivity contribution in [3.05, 3.63) is 65.2 Å². The van der Waals surface area contributed by atoms with Crippen LogP contribution in [0.4, 0.5) is 5.69 Å². The fourth-order valence-corrected chi connectivity index (χ4v) is 2.21. The van der Waals surface area contributed by atoms with E-state index >= 15 is 0 Å². The summed E-state index contributed by atoms with van der Waals surface area (Å²) in [5.74, 6) is -0.0299. The zero-order valence-corrected chi connectivity index (χ0v) is 10.1. The molecule has 88 valence electrons. The second-order valence-electron chi connectivity index (χ2n) is 4.47. The maximum atomic E-state index is 11.9. The van der Waals surface area contributed by atoms with Gasteiger partial charge in [-0.05, 0) is 24.6 Å². The summed E-state index contributed by atoms with van der Waals surface area (Å²) in [7, 11) is 0. The third-order valence-electron chi connectivity index (χ3n) is 3.06. The first-order valence-corrected chi connectivity index (χ1v) is 5.93. The van der Waals surface area contributed by atoms with Crippen LogP contribution in [0.3, 0.4) is 0 Å². The van der Waals surface area contributed by atoms with Crippen LogP contribution in [-0.4, -0.2) is 5.91 Å². The molecule has 0 atom stereocenters. The topological polar surface area (TPSA) is 29.1 Å². The number of rotatable bonds is 1. The van der Waals surface area contributed by atoms with Crippen LogP contribution in [0, 0.1) is 6.92 Å². The highest BCUT2D eigenvalue weighted by atomic mass is 16.1. The number of nitrogens with one attached hydrogen (secondary N) is 1. The molecule has 0 aromatic heterocycles. The van der Waals surface area contributed by atoms with Crippen molar-refractivity contribution >= 4 is 23.2 Å². The van der Waals surface area contributed by atoms with Crippen LogP contribution in [0.1, 0.15) is 16.7 Å². The lowest BCUT2D eigenvalue weighted by Crippen LogP contribution is -2.03. The Labute approximate surface area is 106 Å². The van der Waals surface area contributed by atoms with Crippen LogP contribution in [0.15, 0.2) is 48.5 Å². The average Bonchev–Trinajstić information content (AvgIpc) is 2.66. The summed E-state index contributed by atoms with van der Waals surface area (Å²) in [5, 5.41) is 2.88. The molecule has 0 radical (unpaired) electrons. The van der Waals surface area contributed by atoms with E-state index in [0.717, 1.165) is 22.4 Å². The molecule has 0 aliphatic carbocycles. The van der Waals surface area contributed by atoms with Gasteiger partial charge >= 0.3 is 0 Å². The van der Waals surface area contributed by atoms with Crippen molar-refractivity contribution in [2.75, 3.05) is 5.32 Å². The van der Waals surface area contributed by atoms with Gasteiger partial charge in [-0.15, -0.1) is 0 Å². The maximum absolute atomic E-state index is 11.9. The Balaban J connectivity index is 2.10. The Bertz CT molecular complexity index is 656. The van der Waals surface area contributed by atoms with Crippen molar-refractivity contribution in [3.63, 3.8) is 0 Å². The van der Waals surface area contributed by atoms with Crippen LogP contribution in [0.5, 0.6) is 0 Å². The van der Waals surface area contributed by atoms with Gasteiger partial charge in [0.15, 0.2) is 0 Å². The molecule has 0 saturated heterocycles. The lowest BCUT2D eigenvalue weighted by Gasteiger charge is -1.99. The molecule has 1 N–H and O–H groups in total. The Kier molecular flexibility index (Phi) is 2.49. The number of hydrogen-bond donors (Lipinski definition) is 1. The summed E-state index contributed by atoms with van der Waals surface area (Å²) in [5.41, 5.74) is 4.84. The number of aryl methyl sites for hydroxylation is 1.